The van der Waals surface area contributed by atoms with Gasteiger partial charge in [-0.15, -0.1) is 0 Å². The molecule has 76 valence electrons. The summed E-state index contributed by atoms with van der Waals surface area (Å²) in [7, 11) is 0. The van der Waals surface area contributed by atoms with E-state index < -0.39 is 17.0 Å². The first-order valence-electron chi connectivity index (χ1n) is 4.14. The fourth-order valence-corrected chi connectivity index (χ4v) is 1.33. The van der Waals surface area contributed by atoms with Gasteiger partial charge in [0.2, 0.25) is 5.91 Å². The van der Waals surface area contributed by atoms with Crippen molar-refractivity contribution < 1.29 is 4.79 Å². The maximum absolute atomic E-state index is 11.3. The molecule has 0 atom stereocenters. The van der Waals surface area contributed by atoms with E-state index >= 15 is 0 Å². The van der Waals surface area contributed by atoms with Crippen molar-refractivity contribution in [2.75, 3.05) is 0 Å². The van der Waals surface area contributed by atoms with Crippen LogP contribution in [0.25, 0.3) is 10.8 Å². The number of fused-ring (bicyclic) bond motifs is 1. The van der Waals surface area contributed by atoms with E-state index in [0.717, 1.165) is 0 Å². The lowest BCUT2D eigenvalue weighted by Crippen LogP contribution is -2.20. The van der Waals surface area contributed by atoms with Crippen molar-refractivity contribution >= 4 is 16.7 Å². The minimum atomic E-state index is -0.642. The lowest BCUT2D eigenvalue weighted by Gasteiger charge is -1.97. The third-order valence-electron chi connectivity index (χ3n) is 2.08. The Labute approximate surface area is 82.7 Å². The van der Waals surface area contributed by atoms with E-state index in [0.29, 0.717) is 0 Å². The van der Waals surface area contributed by atoms with Crippen LogP contribution in [0.3, 0.4) is 0 Å². The molecule has 0 saturated heterocycles. The van der Waals surface area contributed by atoms with Gasteiger partial charge in [0, 0.05) is 5.56 Å². The number of hydrogen-bond acceptors (Lipinski definition) is 3. The van der Waals surface area contributed by atoms with Crippen LogP contribution in [0, 0.1) is 0 Å². The van der Waals surface area contributed by atoms with Crippen LogP contribution in [-0.4, -0.2) is 16.1 Å². The normalized spacial score (nSPS) is 10.4. The maximum Gasteiger partial charge on any atom is 0.270 e. The standard InChI is InChI=1S/C9H7N3O3/c10-7(13)4-1-2-5-6(3-4)9(15)12-11-8(5)14/h1-3H,(H2,10,13)(H,11,14)(H,12,15). The molecule has 1 aromatic heterocycles. The van der Waals surface area contributed by atoms with Gasteiger partial charge in [-0.1, -0.05) is 0 Å². The Kier molecular flexibility index (Phi) is 1.89. The Balaban J connectivity index is 2.94. The first-order chi connectivity index (χ1) is 7.09. The van der Waals surface area contributed by atoms with E-state index in [1.807, 2.05) is 0 Å². The molecular formula is C9H7N3O3. The lowest BCUT2D eigenvalue weighted by atomic mass is 10.1. The minimum Gasteiger partial charge on any atom is -0.366 e. The highest BCUT2D eigenvalue weighted by molar-refractivity contribution is 5.97. The van der Waals surface area contributed by atoms with Gasteiger partial charge >= 0.3 is 0 Å². The van der Waals surface area contributed by atoms with Crippen molar-refractivity contribution in [1.29, 1.82) is 0 Å². The molecule has 2 aromatic rings. The number of aromatic amines is 2. The largest absolute Gasteiger partial charge is 0.366 e. The molecule has 0 bridgehead atoms. The Bertz CT molecular complexity index is 653. The summed E-state index contributed by atoms with van der Waals surface area (Å²) in [6.45, 7) is 0. The molecule has 1 aromatic carbocycles. The molecule has 0 spiro atoms. The van der Waals surface area contributed by atoms with E-state index in [1.165, 1.54) is 18.2 Å². The molecule has 0 radical (unpaired) electrons. The van der Waals surface area contributed by atoms with E-state index in [-0.39, 0.29) is 16.3 Å². The summed E-state index contributed by atoms with van der Waals surface area (Å²) < 4.78 is 0. The van der Waals surface area contributed by atoms with Gasteiger partial charge in [0.1, 0.15) is 0 Å². The molecule has 2 rings (SSSR count). The van der Waals surface area contributed by atoms with Crippen molar-refractivity contribution in [3.63, 3.8) is 0 Å². The number of carbonyl (C=O) groups excluding carboxylic acids is 1. The zero-order valence-electron chi connectivity index (χ0n) is 7.53. The predicted molar refractivity (Wildman–Crippen MR) is 53.7 cm³/mol. The number of primary amides is 1. The quantitative estimate of drug-likeness (QED) is 0.573. The van der Waals surface area contributed by atoms with Crippen LogP contribution >= 0.6 is 0 Å². The number of carbonyl (C=O) groups is 1. The molecule has 6 nitrogen and oxygen atoms in total. The fraction of sp³-hybridized carbons (Fsp3) is 0. The summed E-state index contributed by atoms with van der Waals surface area (Å²) in [5.74, 6) is -0.642. The Morgan fingerprint density at radius 2 is 1.67 bits per heavy atom. The van der Waals surface area contributed by atoms with Gasteiger partial charge in [-0.2, -0.15) is 0 Å². The number of nitrogens with two attached hydrogens (primary N) is 1. The molecule has 4 N–H and O–H groups in total. The van der Waals surface area contributed by atoms with Crippen LogP contribution in [0.4, 0.5) is 0 Å². The van der Waals surface area contributed by atoms with Crippen molar-refractivity contribution in [3.8, 4) is 0 Å². The van der Waals surface area contributed by atoms with Gasteiger partial charge in [-0.25, -0.2) is 0 Å². The predicted octanol–water partition coefficient (Wildman–Crippen LogP) is -0.685. The molecule has 0 aliphatic rings. The number of hydrogen-bond donors (Lipinski definition) is 3. The van der Waals surface area contributed by atoms with Crippen molar-refractivity contribution in [2.24, 2.45) is 5.73 Å². The molecule has 1 heterocycles. The zero-order valence-corrected chi connectivity index (χ0v) is 7.53. The number of H-pyrrole nitrogens is 2. The SMILES string of the molecule is NC(=O)c1ccc2c(=O)[nH][nH]c(=O)c2c1. The van der Waals surface area contributed by atoms with E-state index in [4.69, 9.17) is 5.73 Å². The summed E-state index contributed by atoms with van der Waals surface area (Å²) in [5.41, 5.74) is 4.37. The summed E-state index contributed by atoms with van der Waals surface area (Å²) in [4.78, 5) is 33.5. The molecule has 0 aliphatic heterocycles. The topological polar surface area (TPSA) is 109 Å². The van der Waals surface area contributed by atoms with Gasteiger partial charge in [0.05, 0.1) is 10.8 Å². The van der Waals surface area contributed by atoms with Crippen LogP contribution in [0.5, 0.6) is 0 Å². The highest BCUT2D eigenvalue weighted by atomic mass is 16.1. The molecule has 0 saturated carbocycles. The fourth-order valence-electron chi connectivity index (χ4n) is 1.33. The second-order valence-electron chi connectivity index (χ2n) is 3.03. The highest BCUT2D eigenvalue weighted by Gasteiger charge is 2.06. The van der Waals surface area contributed by atoms with Crippen molar-refractivity contribution in [2.45, 2.75) is 0 Å². The van der Waals surface area contributed by atoms with Gasteiger partial charge in [-0.05, 0) is 18.2 Å². The minimum absolute atomic E-state index is 0.148. The Morgan fingerprint density at radius 1 is 1.07 bits per heavy atom. The number of nitrogens with one attached hydrogen (secondary N) is 2. The Morgan fingerprint density at radius 3 is 2.27 bits per heavy atom. The van der Waals surface area contributed by atoms with Gasteiger partial charge in [0.15, 0.2) is 0 Å². The van der Waals surface area contributed by atoms with E-state index in [1.54, 1.807) is 0 Å². The number of aromatic nitrogens is 2. The van der Waals surface area contributed by atoms with Crippen LogP contribution in [0.15, 0.2) is 27.8 Å². The molecule has 6 heteroatoms. The van der Waals surface area contributed by atoms with Crippen LogP contribution in [-0.2, 0) is 0 Å². The molecular weight excluding hydrogens is 198 g/mol. The third-order valence-corrected chi connectivity index (χ3v) is 2.08. The molecule has 15 heavy (non-hydrogen) atoms. The number of amides is 1. The van der Waals surface area contributed by atoms with Crippen LogP contribution in [0.2, 0.25) is 0 Å². The number of rotatable bonds is 1. The van der Waals surface area contributed by atoms with E-state index in [2.05, 4.69) is 10.2 Å². The second kappa shape index (κ2) is 3.09. The zero-order chi connectivity index (χ0) is 11.0. The summed E-state index contributed by atoms with van der Waals surface area (Å²) in [5, 5.41) is 4.72. The first kappa shape index (κ1) is 9.20. The molecule has 0 fully saturated rings. The molecule has 0 unspecified atom stereocenters. The van der Waals surface area contributed by atoms with E-state index in [9.17, 15) is 14.4 Å². The highest BCUT2D eigenvalue weighted by Crippen LogP contribution is 2.07. The van der Waals surface area contributed by atoms with Crippen molar-refractivity contribution in [1.82, 2.24) is 10.2 Å². The van der Waals surface area contributed by atoms with Gasteiger partial charge in [-0.3, -0.25) is 24.6 Å². The first-order valence-corrected chi connectivity index (χ1v) is 4.14. The number of benzene rings is 1. The Hall–Kier alpha value is -2.37. The summed E-state index contributed by atoms with van der Waals surface area (Å²) >= 11 is 0. The smallest absolute Gasteiger partial charge is 0.270 e. The third kappa shape index (κ3) is 1.41. The monoisotopic (exact) mass is 205 g/mol. The average Bonchev–Trinajstić information content (AvgIpc) is 2.23. The second-order valence-corrected chi connectivity index (χ2v) is 3.03. The van der Waals surface area contributed by atoms with Gasteiger partial charge < -0.3 is 5.73 Å². The molecule has 1 amide bonds. The van der Waals surface area contributed by atoms with Gasteiger partial charge in [0.25, 0.3) is 11.1 Å². The average molecular weight is 205 g/mol. The lowest BCUT2D eigenvalue weighted by molar-refractivity contribution is 0.100. The summed E-state index contributed by atoms with van der Waals surface area (Å²) in [6, 6.07) is 4.09. The van der Waals surface area contributed by atoms with Crippen molar-refractivity contribution in [3.05, 3.63) is 44.5 Å². The van der Waals surface area contributed by atoms with Crippen LogP contribution < -0.4 is 16.9 Å². The maximum atomic E-state index is 11.3. The summed E-state index contributed by atoms with van der Waals surface area (Å²) in [6.07, 6.45) is 0. The molecule has 0 aliphatic carbocycles. The van der Waals surface area contributed by atoms with Crippen LogP contribution in [0.1, 0.15) is 10.4 Å².